The van der Waals surface area contributed by atoms with Crippen molar-refractivity contribution < 1.29 is 4.74 Å². The number of benzene rings is 1. The molecule has 1 saturated heterocycles. The van der Waals surface area contributed by atoms with E-state index in [4.69, 9.17) is 4.74 Å². The highest BCUT2D eigenvalue weighted by Gasteiger charge is 2.47. The summed E-state index contributed by atoms with van der Waals surface area (Å²) < 4.78 is 5.44. The van der Waals surface area contributed by atoms with Crippen LogP contribution in [0, 0.1) is 5.92 Å². The average molecular weight is 188 g/mol. The van der Waals surface area contributed by atoms with E-state index in [0.717, 1.165) is 5.92 Å². The predicted octanol–water partition coefficient (Wildman–Crippen LogP) is 2.80. The summed E-state index contributed by atoms with van der Waals surface area (Å²) in [6.07, 6.45) is 6.52. The van der Waals surface area contributed by atoms with E-state index >= 15 is 0 Å². The van der Waals surface area contributed by atoms with Crippen molar-refractivity contribution in [2.24, 2.45) is 5.92 Å². The van der Waals surface area contributed by atoms with Crippen LogP contribution in [0.3, 0.4) is 0 Å². The topological polar surface area (TPSA) is 12.5 Å². The molecule has 1 aliphatic heterocycles. The lowest BCUT2D eigenvalue weighted by atomic mass is 9.98. The van der Waals surface area contributed by atoms with Crippen LogP contribution in [-0.4, -0.2) is 12.2 Å². The van der Waals surface area contributed by atoms with Gasteiger partial charge in [-0.25, -0.2) is 0 Å². The van der Waals surface area contributed by atoms with Gasteiger partial charge in [-0.2, -0.15) is 0 Å². The van der Waals surface area contributed by atoms with Crippen molar-refractivity contribution in [3.63, 3.8) is 0 Å². The molecule has 1 heteroatoms. The Morgan fingerprint density at radius 3 is 2.50 bits per heavy atom. The lowest BCUT2D eigenvalue weighted by Crippen LogP contribution is -2.01. The molecule has 1 saturated carbocycles. The van der Waals surface area contributed by atoms with Gasteiger partial charge in [0.2, 0.25) is 0 Å². The van der Waals surface area contributed by atoms with Crippen molar-refractivity contribution in [3.8, 4) is 0 Å². The Bertz CT molecular complexity index is 296. The van der Waals surface area contributed by atoms with Crippen LogP contribution in [0.5, 0.6) is 0 Å². The maximum atomic E-state index is 5.44. The van der Waals surface area contributed by atoms with Gasteiger partial charge in [0.15, 0.2) is 0 Å². The smallest absolute Gasteiger partial charge is 0.0844 e. The summed E-state index contributed by atoms with van der Waals surface area (Å²) >= 11 is 0. The minimum Gasteiger partial charge on any atom is -0.370 e. The predicted molar refractivity (Wildman–Crippen MR) is 56.1 cm³/mol. The van der Waals surface area contributed by atoms with Gasteiger partial charge in [0.1, 0.15) is 0 Å². The highest BCUT2D eigenvalue weighted by molar-refractivity contribution is 5.14. The third-order valence-corrected chi connectivity index (χ3v) is 3.50. The van der Waals surface area contributed by atoms with Crippen LogP contribution in [0.25, 0.3) is 0 Å². The van der Waals surface area contributed by atoms with Gasteiger partial charge in [0.25, 0.3) is 0 Å². The lowest BCUT2D eigenvalue weighted by Gasteiger charge is -2.10. The van der Waals surface area contributed by atoms with Crippen molar-refractivity contribution >= 4 is 0 Å². The van der Waals surface area contributed by atoms with E-state index in [9.17, 15) is 0 Å². The second-order valence-electron chi connectivity index (χ2n) is 4.57. The molecule has 2 atom stereocenters. The monoisotopic (exact) mass is 188 g/mol. The SMILES string of the molecule is c1ccc(CCC2CC3OC3C2)cc1. The second kappa shape index (κ2) is 3.39. The Labute approximate surface area is 85.1 Å². The van der Waals surface area contributed by atoms with E-state index in [-0.39, 0.29) is 0 Å². The van der Waals surface area contributed by atoms with E-state index < -0.39 is 0 Å². The van der Waals surface area contributed by atoms with Crippen LogP contribution in [0.1, 0.15) is 24.8 Å². The van der Waals surface area contributed by atoms with Crippen LogP contribution >= 0.6 is 0 Å². The molecule has 74 valence electrons. The standard InChI is InChI=1S/C13H16O/c1-2-4-10(5-3-1)6-7-11-8-12-13(9-11)14-12/h1-5,11-13H,6-9H2. The van der Waals surface area contributed by atoms with Crippen molar-refractivity contribution in [2.45, 2.75) is 37.9 Å². The number of epoxide rings is 1. The highest BCUT2D eigenvalue weighted by Crippen LogP contribution is 2.43. The molecule has 2 aliphatic rings. The maximum Gasteiger partial charge on any atom is 0.0844 e. The van der Waals surface area contributed by atoms with Crippen LogP contribution < -0.4 is 0 Å². The molecule has 1 aliphatic carbocycles. The fourth-order valence-electron chi connectivity index (χ4n) is 2.60. The Morgan fingerprint density at radius 1 is 1.07 bits per heavy atom. The second-order valence-corrected chi connectivity index (χ2v) is 4.57. The van der Waals surface area contributed by atoms with Crippen molar-refractivity contribution in [3.05, 3.63) is 35.9 Å². The molecule has 1 aromatic carbocycles. The molecular weight excluding hydrogens is 172 g/mol. The van der Waals surface area contributed by atoms with Gasteiger partial charge in [0.05, 0.1) is 12.2 Å². The molecule has 14 heavy (non-hydrogen) atoms. The number of hydrogen-bond donors (Lipinski definition) is 0. The van der Waals surface area contributed by atoms with Gasteiger partial charge >= 0.3 is 0 Å². The molecule has 1 nitrogen and oxygen atoms in total. The molecule has 1 aromatic rings. The fraction of sp³-hybridized carbons (Fsp3) is 0.538. The zero-order chi connectivity index (χ0) is 9.38. The molecule has 0 spiro atoms. The first-order valence-corrected chi connectivity index (χ1v) is 5.61. The summed E-state index contributed by atoms with van der Waals surface area (Å²) in [5.41, 5.74) is 1.48. The molecule has 3 rings (SSSR count). The van der Waals surface area contributed by atoms with Gasteiger partial charge in [-0.05, 0) is 37.2 Å². The van der Waals surface area contributed by atoms with Gasteiger partial charge in [-0.1, -0.05) is 30.3 Å². The Balaban J connectivity index is 1.50. The van der Waals surface area contributed by atoms with Gasteiger partial charge in [-0.3, -0.25) is 0 Å². The average Bonchev–Trinajstić information content (AvgIpc) is 2.85. The number of ether oxygens (including phenoxy) is 1. The van der Waals surface area contributed by atoms with Gasteiger partial charge in [-0.15, -0.1) is 0 Å². The van der Waals surface area contributed by atoms with Gasteiger partial charge < -0.3 is 4.74 Å². The van der Waals surface area contributed by atoms with Crippen LogP contribution in [-0.2, 0) is 11.2 Å². The first-order chi connectivity index (χ1) is 6.92. The third kappa shape index (κ3) is 1.69. The summed E-state index contributed by atoms with van der Waals surface area (Å²) in [4.78, 5) is 0. The normalized spacial score (nSPS) is 34.1. The van der Waals surface area contributed by atoms with Crippen molar-refractivity contribution in [1.82, 2.24) is 0 Å². The number of aryl methyl sites for hydroxylation is 1. The van der Waals surface area contributed by atoms with Crippen LogP contribution in [0.2, 0.25) is 0 Å². The minimum absolute atomic E-state index is 0.649. The lowest BCUT2D eigenvalue weighted by molar-refractivity contribution is 0.266. The summed E-state index contributed by atoms with van der Waals surface area (Å²) in [6.45, 7) is 0. The van der Waals surface area contributed by atoms with Crippen molar-refractivity contribution in [1.29, 1.82) is 0 Å². The van der Waals surface area contributed by atoms with E-state index in [0.29, 0.717) is 12.2 Å². The van der Waals surface area contributed by atoms with Crippen molar-refractivity contribution in [2.75, 3.05) is 0 Å². The summed E-state index contributed by atoms with van der Waals surface area (Å²) in [5, 5.41) is 0. The Hall–Kier alpha value is -0.820. The third-order valence-electron chi connectivity index (χ3n) is 3.50. The molecule has 0 bridgehead atoms. The molecule has 0 aromatic heterocycles. The van der Waals surface area contributed by atoms with Gasteiger partial charge in [0, 0.05) is 0 Å². The number of hydrogen-bond acceptors (Lipinski definition) is 1. The zero-order valence-corrected chi connectivity index (χ0v) is 8.36. The van der Waals surface area contributed by atoms with E-state index in [1.54, 1.807) is 0 Å². The number of fused-ring (bicyclic) bond motifs is 1. The molecule has 2 fully saturated rings. The first kappa shape index (κ1) is 8.49. The van der Waals surface area contributed by atoms with Crippen LogP contribution in [0.4, 0.5) is 0 Å². The summed E-state index contributed by atoms with van der Waals surface area (Å²) in [6, 6.07) is 10.8. The molecule has 0 amide bonds. The molecule has 1 heterocycles. The Morgan fingerprint density at radius 2 is 1.79 bits per heavy atom. The van der Waals surface area contributed by atoms with E-state index in [1.165, 1.54) is 31.2 Å². The van der Waals surface area contributed by atoms with E-state index in [1.807, 2.05) is 0 Å². The maximum absolute atomic E-state index is 5.44. The fourth-order valence-corrected chi connectivity index (χ4v) is 2.60. The molecular formula is C13H16O. The molecule has 2 unspecified atom stereocenters. The zero-order valence-electron chi connectivity index (χ0n) is 8.36. The quantitative estimate of drug-likeness (QED) is 0.664. The summed E-state index contributed by atoms with van der Waals surface area (Å²) in [7, 11) is 0. The highest BCUT2D eigenvalue weighted by atomic mass is 16.6. The van der Waals surface area contributed by atoms with Crippen LogP contribution in [0.15, 0.2) is 30.3 Å². The first-order valence-electron chi connectivity index (χ1n) is 5.61. The van der Waals surface area contributed by atoms with E-state index in [2.05, 4.69) is 30.3 Å². The number of rotatable bonds is 3. The Kier molecular flexibility index (Phi) is 2.06. The molecule has 0 N–H and O–H groups in total. The minimum atomic E-state index is 0.649. The molecule has 0 radical (unpaired) electrons. The summed E-state index contributed by atoms with van der Waals surface area (Å²) in [5.74, 6) is 0.930. The largest absolute Gasteiger partial charge is 0.370 e.